The highest BCUT2D eigenvalue weighted by Gasteiger charge is 2.09. The Morgan fingerprint density at radius 2 is 2.13 bits per heavy atom. The summed E-state index contributed by atoms with van der Waals surface area (Å²) in [5.41, 5.74) is 3.12. The summed E-state index contributed by atoms with van der Waals surface area (Å²) in [6, 6.07) is 2.25. The second-order valence-corrected chi connectivity index (χ2v) is 4.19. The Balaban J connectivity index is 2.15. The van der Waals surface area contributed by atoms with Gasteiger partial charge in [-0.1, -0.05) is 0 Å². The minimum Gasteiger partial charge on any atom is -0.376 e. The number of hydrogen-bond donors (Lipinski definition) is 1. The Morgan fingerprint density at radius 1 is 1.33 bits per heavy atom. The Morgan fingerprint density at radius 3 is 2.80 bits per heavy atom. The van der Waals surface area contributed by atoms with Gasteiger partial charge in [0.2, 0.25) is 0 Å². The first-order valence-electron chi connectivity index (χ1n) is 4.83. The molecule has 0 radical (unpaired) electrons. The zero-order chi connectivity index (χ0) is 10.7. The van der Waals surface area contributed by atoms with Crippen LogP contribution in [0.3, 0.4) is 0 Å². The van der Waals surface area contributed by atoms with Crippen LogP contribution in [0.5, 0.6) is 0 Å². The first-order valence-corrected chi connectivity index (χ1v) is 5.78. The molecule has 1 atom stereocenters. The fraction of sp³-hybridized carbons (Fsp3) is 0.273. The van der Waals surface area contributed by atoms with Crippen molar-refractivity contribution in [3.8, 4) is 0 Å². The maximum atomic E-state index is 4.34. The number of aromatic nitrogens is 2. The summed E-state index contributed by atoms with van der Waals surface area (Å²) in [7, 11) is 0. The Labute approximate surface area is 93.2 Å². The van der Waals surface area contributed by atoms with Gasteiger partial charge in [0.15, 0.2) is 0 Å². The molecule has 15 heavy (non-hydrogen) atoms. The van der Waals surface area contributed by atoms with Crippen LogP contribution in [0.25, 0.3) is 0 Å². The summed E-state index contributed by atoms with van der Waals surface area (Å²) in [6.45, 7) is 4.07. The number of rotatable bonds is 3. The van der Waals surface area contributed by atoms with E-state index < -0.39 is 0 Å². The molecule has 0 bridgehead atoms. The molecule has 0 amide bonds. The average molecular weight is 219 g/mol. The minimum absolute atomic E-state index is 0.188. The molecule has 1 unspecified atom stereocenters. The van der Waals surface area contributed by atoms with Crippen molar-refractivity contribution < 1.29 is 0 Å². The SMILES string of the molecule is Cc1nccnc1C(C)Nc1ccsc1. The molecule has 0 aliphatic heterocycles. The van der Waals surface area contributed by atoms with Crippen molar-refractivity contribution in [1.29, 1.82) is 0 Å². The van der Waals surface area contributed by atoms with E-state index in [1.54, 1.807) is 23.7 Å². The first-order chi connectivity index (χ1) is 7.27. The fourth-order valence-electron chi connectivity index (χ4n) is 1.51. The van der Waals surface area contributed by atoms with E-state index in [0.717, 1.165) is 17.1 Å². The molecule has 0 aliphatic carbocycles. The standard InChI is InChI=1S/C11H13N3S/c1-8-11(13-5-4-12-8)9(2)14-10-3-6-15-7-10/h3-7,9,14H,1-2H3. The van der Waals surface area contributed by atoms with Gasteiger partial charge in [-0.2, -0.15) is 11.3 Å². The monoisotopic (exact) mass is 219 g/mol. The lowest BCUT2D eigenvalue weighted by atomic mass is 10.2. The predicted octanol–water partition coefficient (Wildman–Crippen LogP) is 3.02. The van der Waals surface area contributed by atoms with Gasteiger partial charge in [0.05, 0.1) is 17.4 Å². The number of thiophene rings is 1. The second kappa shape index (κ2) is 4.40. The third-order valence-corrected chi connectivity index (χ3v) is 2.92. The van der Waals surface area contributed by atoms with Crippen molar-refractivity contribution in [3.63, 3.8) is 0 Å². The number of aryl methyl sites for hydroxylation is 1. The van der Waals surface area contributed by atoms with Gasteiger partial charge in [0.1, 0.15) is 0 Å². The van der Waals surface area contributed by atoms with Crippen LogP contribution in [-0.2, 0) is 0 Å². The molecule has 0 aliphatic rings. The number of nitrogens with zero attached hydrogens (tertiary/aromatic N) is 2. The van der Waals surface area contributed by atoms with Gasteiger partial charge in [-0.3, -0.25) is 9.97 Å². The summed E-state index contributed by atoms with van der Waals surface area (Å²) in [5.74, 6) is 0. The third-order valence-electron chi connectivity index (χ3n) is 2.23. The molecule has 4 heteroatoms. The molecule has 2 aromatic heterocycles. The number of nitrogens with one attached hydrogen (secondary N) is 1. The lowest BCUT2D eigenvalue weighted by Gasteiger charge is -2.14. The van der Waals surface area contributed by atoms with Crippen LogP contribution in [0.4, 0.5) is 5.69 Å². The predicted molar refractivity (Wildman–Crippen MR) is 63.1 cm³/mol. The highest BCUT2D eigenvalue weighted by atomic mass is 32.1. The molecule has 0 saturated heterocycles. The van der Waals surface area contributed by atoms with Crippen molar-refractivity contribution in [2.45, 2.75) is 19.9 Å². The van der Waals surface area contributed by atoms with Gasteiger partial charge in [-0.05, 0) is 25.3 Å². The topological polar surface area (TPSA) is 37.8 Å². The smallest absolute Gasteiger partial charge is 0.0835 e. The number of hydrogen-bond acceptors (Lipinski definition) is 4. The van der Waals surface area contributed by atoms with Crippen molar-refractivity contribution in [2.24, 2.45) is 0 Å². The van der Waals surface area contributed by atoms with Gasteiger partial charge in [0, 0.05) is 23.5 Å². The van der Waals surface area contributed by atoms with E-state index in [2.05, 4.69) is 39.0 Å². The molecule has 2 aromatic rings. The summed E-state index contributed by atoms with van der Waals surface area (Å²) in [5, 5.41) is 7.53. The largest absolute Gasteiger partial charge is 0.376 e. The van der Waals surface area contributed by atoms with Gasteiger partial charge >= 0.3 is 0 Å². The first kappa shape index (κ1) is 10.1. The van der Waals surface area contributed by atoms with Crippen LogP contribution in [0.2, 0.25) is 0 Å². The molecule has 3 nitrogen and oxygen atoms in total. The highest BCUT2D eigenvalue weighted by molar-refractivity contribution is 7.08. The molecule has 0 fully saturated rings. The quantitative estimate of drug-likeness (QED) is 0.862. The van der Waals surface area contributed by atoms with Crippen LogP contribution in [0, 0.1) is 6.92 Å². The molecule has 0 aromatic carbocycles. The lowest BCUT2D eigenvalue weighted by Crippen LogP contribution is -2.10. The average Bonchev–Trinajstić information content (AvgIpc) is 2.71. The van der Waals surface area contributed by atoms with E-state index in [-0.39, 0.29) is 6.04 Å². The molecular weight excluding hydrogens is 206 g/mol. The van der Waals surface area contributed by atoms with Gasteiger partial charge in [-0.25, -0.2) is 0 Å². The Hall–Kier alpha value is -1.42. The van der Waals surface area contributed by atoms with Crippen LogP contribution < -0.4 is 5.32 Å². The van der Waals surface area contributed by atoms with E-state index in [9.17, 15) is 0 Å². The van der Waals surface area contributed by atoms with Gasteiger partial charge in [-0.15, -0.1) is 0 Å². The maximum absolute atomic E-state index is 4.34. The van der Waals surface area contributed by atoms with Crippen molar-refractivity contribution in [2.75, 3.05) is 5.32 Å². The lowest BCUT2D eigenvalue weighted by molar-refractivity contribution is 0.811. The van der Waals surface area contributed by atoms with E-state index in [1.165, 1.54) is 0 Å². The van der Waals surface area contributed by atoms with Crippen molar-refractivity contribution in [3.05, 3.63) is 40.6 Å². The summed E-state index contributed by atoms with van der Waals surface area (Å²) < 4.78 is 0. The molecular formula is C11H13N3S. The minimum atomic E-state index is 0.188. The van der Waals surface area contributed by atoms with Crippen LogP contribution in [-0.4, -0.2) is 9.97 Å². The normalized spacial score (nSPS) is 12.4. The Kier molecular flexibility index (Phi) is 2.97. The van der Waals surface area contributed by atoms with Crippen LogP contribution in [0.15, 0.2) is 29.2 Å². The molecule has 0 spiro atoms. The second-order valence-electron chi connectivity index (χ2n) is 3.41. The molecule has 2 heterocycles. The summed E-state index contributed by atoms with van der Waals surface area (Å²) in [6.07, 6.45) is 3.45. The van der Waals surface area contributed by atoms with E-state index in [0.29, 0.717) is 0 Å². The molecule has 2 rings (SSSR count). The highest BCUT2D eigenvalue weighted by Crippen LogP contribution is 2.20. The van der Waals surface area contributed by atoms with Crippen LogP contribution in [0.1, 0.15) is 24.4 Å². The van der Waals surface area contributed by atoms with E-state index in [1.807, 2.05) is 6.92 Å². The Bertz CT molecular complexity index is 425. The van der Waals surface area contributed by atoms with E-state index >= 15 is 0 Å². The summed E-state index contributed by atoms with van der Waals surface area (Å²) in [4.78, 5) is 8.57. The van der Waals surface area contributed by atoms with Gasteiger partial charge in [0.25, 0.3) is 0 Å². The number of anilines is 1. The van der Waals surface area contributed by atoms with Crippen molar-refractivity contribution in [1.82, 2.24) is 9.97 Å². The van der Waals surface area contributed by atoms with Crippen molar-refractivity contribution >= 4 is 17.0 Å². The zero-order valence-electron chi connectivity index (χ0n) is 8.77. The molecule has 78 valence electrons. The van der Waals surface area contributed by atoms with Crippen LogP contribution >= 0.6 is 11.3 Å². The maximum Gasteiger partial charge on any atom is 0.0835 e. The zero-order valence-corrected chi connectivity index (χ0v) is 9.58. The van der Waals surface area contributed by atoms with Gasteiger partial charge < -0.3 is 5.32 Å². The summed E-state index contributed by atoms with van der Waals surface area (Å²) >= 11 is 1.68. The third kappa shape index (κ3) is 2.33. The molecule has 0 saturated carbocycles. The fourth-order valence-corrected chi connectivity index (χ4v) is 2.11. The molecule has 1 N–H and O–H groups in total. The van der Waals surface area contributed by atoms with E-state index in [4.69, 9.17) is 0 Å².